The van der Waals surface area contributed by atoms with Crippen LogP contribution in [0, 0.1) is 5.41 Å². The molecular weight excluding hydrogens is 466 g/mol. The Balaban J connectivity index is 1.01. The summed E-state index contributed by atoms with van der Waals surface area (Å²) in [7, 11) is 1.65. The van der Waals surface area contributed by atoms with Gasteiger partial charge in [-0.1, -0.05) is 30.3 Å². The molecule has 3 aliphatic rings. The van der Waals surface area contributed by atoms with Gasteiger partial charge < -0.3 is 14.4 Å². The summed E-state index contributed by atoms with van der Waals surface area (Å²) < 4.78 is 11.3. The van der Waals surface area contributed by atoms with Crippen molar-refractivity contribution in [1.82, 2.24) is 19.8 Å². The number of carbonyl (C=O) groups is 1. The number of nitrogens with zero attached hydrogens (tertiary/aromatic N) is 5. The quantitative estimate of drug-likeness (QED) is 0.515. The minimum absolute atomic E-state index is 0.0173. The molecule has 1 aromatic heterocycles. The number of piperazine rings is 1. The van der Waals surface area contributed by atoms with Gasteiger partial charge in [0.1, 0.15) is 17.7 Å². The van der Waals surface area contributed by atoms with Gasteiger partial charge >= 0.3 is 6.09 Å². The van der Waals surface area contributed by atoms with Crippen LogP contribution >= 0.6 is 0 Å². The highest BCUT2D eigenvalue weighted by Gasteiger charge is 2.54. The molecule has 1 amide bonds. The first-order valence-corrected chi connectivity index (χ1v) is 13.2. The van der Waals surface area contributed by atoms with Gasteiger partial charge in [0.2, 0.25) is 0 Å². The van der Waals surface area contributed by atoms with Crippen LogP contribution in [0.5, 0.6) is 5.75 Å². The maximum atomic E-state index is 13.2. The van der Waals surface area contributed by atoms with Crippen molar-refractivity contribution in [3.63, 3.8) is 0 Å². The van der Waals surface area contributed by atoms with Crippen LogP contribution in [0.2, 0.25) is 0 Å². The van der Waals surface area contributed by atoms with Gasteiger partial charge in [0.25, 0.3) is 0 Å². The number of anilines is 1. The number of amides is 1. The number of ether oxygens (including phenoxy) is 2. The van der Waals surface area contributed by atoms with Gasteiger partial charge in [0.05, 0.1) is 36.4 Å². The maximum absolute atomic E-state index is 13.2. The summed E-state index contributed by atoms with van der Waals surface area (Å²) in [5.41, 5.74) is 3.34. The van der Waals surface area contributed by atoms with Crippen LogP contribution < -0.4 is 9.64 Å². The first-order valence-electron chi connectivity index (χ1n) is 13.2. The standard InChI is InChI=1S/C29H35N5O3/c1-20-15-33(27-14-30-26-11-23(36-3)9-10-25(26)31-27)16-21(2)34(20)28(35)37-24-12-29(13-24)18-32(19-29)17-22-7-5-4-6-8-22/h4-11,14,20-21,24H,12-13,15-19H2,1-3H3/t20-,21+. The summed E-state index contributed by atoms with van der Waals surface area (Å²) in [6, 6.07) is 16.4. The van der Waals surface area contributed by atoms with E-state index in [0.717, 1.165) is 55.1 Å². The van der Waals surface area contributed by atoms with Crippen LogP contribution in [-0.2, 0) is 11.3 Å². The number of likely N-dealkylation sites (tertiary alicyclic amines) is 1. The molecule has 8 nitrogen and oxygen atoms in total. The van der Waals surface area contributed by atoms with E-state index in [4.69, 9.17) is 14.5 Å². The van der Waals surface area contributed by atoms with E-state index < -0.39 is 0 Å². The van der Waals surface area contributed by atoms with Crippen molar-refractivity contribution < 1.29 is 14.3 Å². The second kappa shape index (κ2) is 9.49. The van der Waals surface area contributed by atoms with Crippen LogP contribution in [0.25, 0.3) is 11.0 Å². The molecule has 2 atom stereocenters. The van der Waals surface area contributed by atoms with Crippen molar-refractivity contribution in [3.8, 4) is 5.75 Å². The molecule has 2 aromatic carbocycles. The Morgan fingerprint density at radius 1 is 1.03 bits per heavy atom. The summed E-state index contributed by atoms with van der Waals surface area (Å²) in [4.78, 5) is 29.2. The van der Waals surface area contributed by atoms with Gasteiger partial charge in [-0.3, -0.25) is 14.8 Å². The number of benzene rings is 2. The minimum Gasteiger partial charge on any atom is -0.497 e. The Labute approximate surface area is 218 Å². The van der Waals surface area contributed by atoms with Crippen molar-refractivity contribution in [3.05, 3.63) is 60.3 Å². The summed E-state index contributed by atoms with van der Waals surface area (Å²) in [5.74, 6) is 1.60. The van der Waals surface area contributed by atoms with E-state index in [1.165, 1.54) is 5.56 Å². The Bertz CT molecular complexity index is 1260. The topological polar surface area (TPSA) is 71.0 Å². The van der Waals surface area contributed by atoms with E-state index in [0.29, 0.717) is 18.5 Å². The zero-order valence-electron chi connectivity index (χ0n) is 21.8. The molecule has 0 radical (unpaired) electrons. The highest BCUT2D eigenvalue weighted by atomic mass is 16.6. The van der Waals surface area contributed by atoms with Gasteiger partial charge in [0, 0.05) is 44.2 Å². The minimum atomic E-state index is -0.184. The number of methoxy groups -OCH3 is 1. The Morgan fingerprint density at radius 3 is 2.46 bits per heavy atom. The molecule has 0 bridgehead atoms. The third-order valence-electron chi connectivity index (χ3n) is 8.15. The highest BCUT2D eigenvalue weighted by molar-refractivity contribution is 5.77. The molecule has 6 rings (SSSR count). The molecule has 8 heteroatoms. The maximum Gasteiger partial charge on any atom is 0.410 e. The van der Waals surface area contributed by atoms with E-state index in [1.54, 1.807) is 7.11 Å². The third kappa shape index (κ3) is 4.70. The molecule has 3 fully saturated rings. The fourth-order valence-corrected chi connectivity index (χ4v) is 6.44. The third-order valence-corrected chi connectivity index (χ3v) is 8.15. The lowest BCUT2D eigenvalue weighted by Crippen LogP contribution is -2.65. The predicted molar refractivity (Wildman–Crippen MR) is 143 cm³/mol. The second-order valence-electron chi connectivity index (χ2n) is 11.1. The van der Waals surface area contributed by atoms with Gasteiger partial charge in [-0.25, -0.2) is 9.78 Å². The van der Waals surface area contributed by atoms with Crippen molar-refractivity contribution in [2.75, 3.05) is 38.2 Å². The number of fused-ring (bicyclic) bond motifs is 1. The van der Waals surface area contributed by atoms with E-state index in [2.05, 4.69) is 59.0 Å². The van der Waals surface area contributed by atoms with Crippen molar-refractivity contribution >= 4 is 22.9 Å². The van der Waals surface area contributed by atoms with Crippen LogP contribution in [0.15, 0.2) is 54.7 Å². The van der Waals surface area contributed by atoms with Crippen molar-refractivity contribution in [2.24, 2.45) is 5.41 Å². The van der Waals surface area contributed by atoms with E-state index in [9.17, 15) is 4.79 Å². The van der Waals surface area contributed by atoms with Crippen molar-refractivity contribution in [1.29, 1.82) is 0 Å². The molecular formula is C29H35N5O3. The fourth-order valence-electron chi connectivity index (χ4n) is 6.44. The van der Waals surface area contributed by atoms with E-state index in [-0.39, 0.29) is 24.3 Å². The summed E-state index contributed by atoms with van der Waals surface area (Å²) >= 11 is 0. The predicted octanol–water partition coefficient (Wildman–Crippen LogP) is 4.34. The highest BCUT2D eigenvalue weighted by Crippen LogP contribution is 2.50. The second-order valence-corrected chi connectivity index (χ2v) is 11.1. The molecule has 3 heterocycles. The van der Waals surface area contributed by atoms with Crippen molar-refractivity contribution in [2.45, 2.75) is 51.4 Å². The Hall–Kier alpha value is -3.39. The molecule has 2 aliphatic heterocycles. The van der Waals surface area contributed by atoms with E-state index >= 15 is 0 Å². The normalized spacial score (nSPS) is 23.5. The average molecular weight is 502 g/mol. The average Bonchev–Trinajstić information content (AvgIpc) is 2.85. The van der Waals surface area contributed by atoms with Crippen LogP contribution in [0.3, 0.4) is 0 Å². The van der Waals surface area contributed by atoms with Gasteiger partial charge in [-0.2, -0.15) is 0 Å². The van der Waals surface area contributed by atoms with Crippen LogP contribution in [0.4, 0.5) is 10.6 Å². The summed E-state index contributed by atoms with van der Waals surface area (Å²) in [6.45, 7) is 8.75. The summed E-state index contributed by atoms with van der Waals surface area (Å²) in [6.07, 6.45) is 3.61. The van der Waals surface area contributed by atoms with E-state index in [1.807, 2.05) is 29.3 Å². The lowest BCUT2D eigenvalue weighted by atomic mass is 9.61. The van der Waals surface area contributed by atoms with Crippen LogP contribution in [0.1, 0.15) is 32.3 Å². The first kappa shape index (κ1) is 24.0. The zero-order chi connectivity index (χ0) is 25.6. The largest absolute Gasteiger partial charge is 0.497 e. The molecule has 0 unspecified atom stereocenters. The number of aromatic nitrogens is 2. The SMILES string of the molecule is COc1ccc2nc(N3C[C@@H](C)N(C(=O)OC4CC5(C4)CN(Cc4ccccc4)C5)[C@@H](C)C3)cnc2c1. The molecule has 1 aliphatic carbocycles. The molecule has 0 N–H and O–H groups in total. The molecule has 1 spiro atoms. The number of hydrogen-bond donors (Lipinski definition) is 0. The molecule has 2 saturated heterocycles. The fraction of sp³-hybridized carbons (Fsp3) is 0.483. The first-order chi connectivity index (χ1) is 17.9. The number of carbonyl (C=O) groups excluding carboxylic acids is 1. The Morgan fingerprint density at radius 2 is 1.76 bits per heavy atom. The van der Waals surface area contributed by atoms with Gasteiger partial charge in [-0.15, -0.1) is 0 Å². The lowest BCUT2D eigenvalue weighted by Gasteiger charge is -2.58. The molecule has 1 saturated carbocycles. The molecule has 194 valence electrons. The van der Waals surface area contributed by atoms with Gasteiger partial charge in [0.15, 0.2) is 0 Å². The Kier molecular flexibility index (Phi) is 6.15. The summed E-state index contributed by atoms with van der Waals surface area (Å²) in [5, 5.41) is 0. The monoisotopic (exact) mass is 501 g/mol. The zero-order valence-corrected chi connectivity index (χ0v) is 21.8. The van der Waals surface area contributed by atoms with Gasteiger partial charge in [-0.05, 0) is 44.4 Å². The lowest BCUT2D eigenvalue weighted by molar-refractivity contribution is -0.137. The number of hydrogen-bond acceptors (Lipinski definition) is 7. The van der Waals surface area contributed by atoms with Crippen LogP contribution in [-0.4, -0.2) is 77.3 Å². The molecule has 3 aromatic rings. The molecule has 37 heavy (non-hydrogen) atoms. The smallest absolute Gasteiger partial charge is 0.410 e. The number of rotatable bonds is 5.